The first-order chi connectivity index (χ1) is 18.7. The van der Waals surface area contributed by atoms with E-state index in [1.54, 1.807) is 23.7 Å². The van der Waals surface area contributed by atoms with Crippen molar-refractivity contribution in [2.75, 3.05) is 16.6 Å². The molecule has 2 aromatic carbocycles. The Kier molecular flexibility index (Phi) is 7.09. The summed E-state index contributed by atoms with van der Waals surface area (Å²) in [5.74, 6) is 2.43. The van der Waals surface area contributed by atoms with Crippen LogP contribution in [-0.2, 0) is 11.8 Å². The van der Waals surface area contributed by atoms with Gasteiger partial charge in [0.25, 0.3) is 0 Å². The lowest BCUT2D eigenvalue weighted by Gasteiger charge is -2.25. The molecule has 38 heavy (non-hydrogen) atoms. The Morgan fingerprint density at radius 1 is 1.05 bits per heavy atom. The molecule has 190 valence electrons. The first-order valence-electron chi connectivity index (χ1n) is 12.9. The average Bonchev–Trinajstić information content (AvgIpc) is 3.50. The van der Waals surface area contributed by atoms with Gasteiger partial charge in [-0.15, -0.1) is 11.8 Å². The van der Waals surface area contributed by atoms with Gasteiger partial charge in [0.15, 0.2) is 0 Å². The van der Waals surface area contributed by atoms with Gasteiger partial charge in [0.1, 0.15) is 5.82 Å². The van der Waals surface area contributed by atoms with E-state index in [4.69, 9.17) is 9.97 Å². The third kappa shape index (κ3) is 4.79. The number of nitrogens with zero attached hydrogens (tertiary/aromatic N) is 4. The fourth-order valence-electron chi connectivity index (χ4n) is 5.54. The van der Waals surface area contributed by atoms with Crippen LogP contribution in [0.5, 0.6) is 0 Å². The van der Waals surface area contributed by atoms with Crippen LogP contribution in [0, 0.1) is 0 Å². The number of aromatic nitrogens is 2. The lowest BCUT2D eigenvalue weighted by atomic mass is 9.79. The van der Waals surface area contributed by atoms with Crippen LogP contribution in [0.4, 0.5) is 5.82 Å². The van der Waals surface area contributed by atoms with Crippen LogP contribution >= 0.6 is 23.7 Å². The smallest absolute Gasteiger partial charge is 0.142 e. The monoisotopic (exact) mass is 534 g/mol. The van der Waals surface area contributed by atoms with E-state index in [9.17, 15) is 0 Å². The highest BCUT2D eigenvalue weighted by Crippen LogP contribution is 2.44. The maximum absolute atomic E-state index is 4.76. The first kappa shape index (κ1) is 25.0. The molecule has 0 amide bonds. The first-order valence-corrected chi connectivity index (χ1v) is 14.8. The SMILES string of the molecule is C=N/C(=C\SCC1CN(Sc2ccccc2)c2ncccc21)c1cccc(C2(C)CCc3cccnc32)c1. The van der Waals surface area contributed by atoms with Crippen molar-refractivity contribution in [3.8, 4) is 0 Å². The quantitative estimate of drug-likeness (QED) is 0.171. The summed E-state index contributed by atoms with van der Waals surface area (Å²) in [6, 6.07) is 27.8. The summed E-state index contributed by atoms with van der Waals surface area (Å²) >= 11 is 3.56. The molecule has 0 bridgehead atoms. The van der Waals surface area contributed by atoms with Gasteiger partial charge in [-0.25, -0.2) is 4.98 Å². The summed E-state index contributed by atoms with van der Waals surface area (Å²) in [5.41, 5.74) is 7.11. The Bertz CT molecular complexity index is 1490. The van der Waals surface area contributed by atoms with Crippen LogP contribution in [0.2, 0.25) is 0 Å². The van der Waals surface area contributed by atoms with Crippen molar-refractivity contribution < 1.29 is 0 Å². The van der Waals surface area contributed by atoms with Crippen LogP contribution in [0.25, 0.3) is 5.70 Å². The predicted molar refractivity (Wildman–Crippen MR) is 162 cm³/mol. The highest BCUT2D eigenvalue weighted by Gasteiger charge is 2.37. The van der Waals surface area contributed by atoms with E-state index >= 15 is 0 Å². The van der Waals surface area contributed by atoms with Crippen molar-refractivity contribution >= 4 is 41.9 Å². The molecule has 4 nitrogen and oxygen atoms in total. The molecule has 1 aliphatic carbocycles. The fourth-order valence-corrected chi connectivity index (χ4v) is 7.54. The zero-order valence-electron chi connectivity index (χ0n) is 21.5. The molecule has 0 spiro atoms. The molecule has 4 aromatic rings. The molecule has 0 saturated carbocycles. The van der Waals surface area contributed by atoms with E-state index in [-0.39, 0.29) is 5.41 Å². The van der Waals surface area contributed by atoms with Crippen molar-refractivity contribution in [1.82, 2.24) is 9.97 Å². The molecule has 3 heterocycles. The number of aliphatic imine (C=N–C) groups is 1. The second kappa shape index (κ2) is 10.8. The van der Waals surface area contributed by atoms with Gasteiger partial charge in [0, 0.05) is 52.0 Å². The van der Waals surface area contributed by atoms with E-state index in [0.29, 0.717) is 5.92 Å². The Morgan fingerprint density at radius 2 is 1.89 bits per heavy atom. The summed E-state index contributed by atoms with van der Waals surface area (Å²) in [6.07, 6.45) is 5.94. The molecule has 6 heteroatoms. The van der Waals surface area contributed by atoms with Crippen LogP contribution in [0.1, 0.15) is 47.2 Å². The lowest BCUT2D eigenvalue weighted by molar-refractivity contribution is 0.552. The number of hydrogen-bond donors (Lipinski definition) is 0. The third-order valence-electron chi connectivity index (χ3n) is 7.60. The topological polar surface area (TPSA) is 41.4 Å². The van der Waals surface area contributed by atoms with Crippen LogP contribution < -0.4 is 4.31 Å². The summed E-state index contributed by atoms with van der Waals surface area (Å²) in [4.78, 5) is 15.1. The van der Waals surface area contributed by atoms with Gasteiger partial charge in [-0.1, -0.05) is 48.5 Å². The lowest BCUT2D eigenvalue weighted by Crippen LogP contribution is -2.21. The molecular formula is C32H30N4S2. The van der Waals surface area contributed by atoms with Gasteiger partial charge >= 0.3 is 0 Å². The molecule has 2 unspecified atom stereocenters. The van der Waals surface area contributed by atoms with Crippen molar-refractivity contribution in [2.45, 2.75) is 36.0 Å². The van der Waals surface area contributed by atoms with Gasteiger partial charge in [0.05, 0.1) is 11.4 Å². The molecule has 0 fully saturated rings. The minimum atomic E-state index is -0.0769. The van der Waals surface area contributed by atoms with Gasteiger partial charge < -0.3 is 0 Å². The van der Waals surface area contributed by atoms with Crippen molar-refractivity contribution in [1.29, 1.82) is 0 Å². The van der Waals surface area contributed by atoms with E-state index in [0.717, 1.165) is 42.2 Å². The molecule has 2 atom stereocenters. The van der Waals surface area contributed by atoms with E-state index in [2.05, 4.69) is 95.1 Å². The van der Waals surface area contributed by atoms with E-state index in [1.165, 1.54) is 27.3 Å². The molecular weight excluding hydrogens is 505 g/mol. The number of fused-ring (bicyclic) bond motifs is 2. The predicted octanol–water partition coefficient (Wildman–Crippen LogP) is 7.77. The summed E-state index contributed by atoms with van der Waals surface area (Å²) < 4.78 is 2.32. The number of thioether (sulfide) groups is 1. The second-order valence-corrected chi connectivity index (χ2v) is 12.0. The Hall–Kier alpha value is -3.35. The van der Waals surface area contributed by atoms with Crippen LogP contribution in [-0.4, -0.2) is 29.0 Å². The maximum atomic E-state index is 4.76. The number of rotatable bonds is 8. The third-order valence-corrected chi connectivity index (χ3v) is 9.61. The molecule has 1 aliphatic heterocycles. The van der Waals surface area contributed by atoms with Crippen molar-refractivity contribution in [3.05, 3.63) is 125 Å². The number of hydrogen-bond acceptors (Lipinski definition) is 6. The van der Waals surface area contributed by atoms with E-state index < -0.39 is 0 Å². The number of anilines is 1. The maximum Gasteiger partial charge on any atom is 0.142 e. The fraction of sp³-hybridized carbons (Fsp3) is 0.219. The number of benzene rings is 2. The Morgan fingerprint density at radius 3 is 2.76 bits per heavy atom. The highest BCUT2D eigenvalue weighted by atomic mass is 32.2. The minimum Gasteiger partial charge on any atom is -0.296 e. The molecule has 2 aliphatic rings. The average molecular weight is 535 g/mol. The number of pyridine rings is 2. The highest BCUT2D eigenvalue weighted by molar-refractivity contribution is 8.02. The largest absolute Gasteiger partial charge is 0.296 e. The minimum absolute atomic E-state index is 0.0769. The number of aryl methyl sites for hydroxylation is 1. The summed E-state index contributed by atoms with van der Waals surface area (Å²) in [7, 11) is 0. The van der Waals surface area contributed by atoms with Crippen molar-refractivity contribution in [3.63, 3.8) is 0 Å². The summed E-state index contributed by atoms with van der Waals surface area (Å²) in [5, 5.41) is 2.17. The molecule has 0 N–H and O–H groups in total. The van der Waals surface area contributed by atoms with Crippen molar-refractivity contribution in [2.24, 2.45) is 4.99 Å². The molecule has 0 radical (unpaired) electrons. The van der Waals surface area contributed by atoms with Gasteiger partial charge in [0.2, 0.25) is 0 Å². The summed E-state index contributed by atoms with van der Waals surface area (Å²) in [6.45, 7) is 7.15. The zero-order chi connectivity index (χ0) is 26.0. The zero-order valence-corrected chi connectivity index (χ0v) is 23.1. The molecule has 0 saturated heterocycles. The second-order valence-electron chi connectivity index (χ2n) is 10.00. The van der Waals surface area contributed by atoms with Gasteiger partial charge in [-0.3, -0.25) is 14.3 Å². The van der Waals surface area contributed by atoms with E-state index in [1.807, 2.05) is 24.5 Å². The van der Waals surface area contributed by atoms with Crippen LogP contribution in [0.3, 0.4) is 0 Å². The van der Waals surface area contributed by atoms with Gasteiger partial charge in [-0.2, -0.15) is 0 Å². The molecule has 6 rings (SSSR count). The Labute approximate surface area is 233 Å². The molecule has 2 aromatic heterocycles. The Balaban J connectivity index is 1.18. The standard InChI is InChI=1S/C32H30N4S2/c1-32(16-15-23-10-7-17-34-30(23)32)26-11-6-9-24(19-26)29(33-2)22-37-21-25-20-36(31-28(25)14-8-18-35-31)38-27-12-4-3-5-13-27/h3-14,17-19,22,25H,2,15-16,20-21H2,1H3/b29-22-. The van der Waals surface area contributed by atoms with Gasteiger partial charge in [-0.05, 0) is 85.3 Å². The van der Waals surface area contributed by atoms with Crippen LogP contribution in [0.15, 0.2) is 107 Å². The normalized spacial score (nSPS) is 20.3.